The summed E-state index contributed by atoms with van der Waals surface area (Å²) in [5.41, 5.74) is 5.96. The predicted molar refractivity (Wildman–Crippen MR) is 58.0 cm³/mol. The number of nitrogens with one attached hydrogen (secondary N) is 2. The van der Waals surface area contributed by atoms with Gasteiger partial charge in [-0.25, -0.2) is 5.43 Å². The van der Waals surface area contributed by atoms with Crippen LogP contribution in [-0.4, -0.2) is 16.6 Å². The lowest BCUT2D eigenvalue weighted by Crippen LogP contribution is -2.16. The Morgan fingerprint density at radius 1 is 1.27 bits per heavy atom. The zero-order valence-corrected chi connectivity index (χ0v) is 8.16. The molecule has 1 aliphatic heterocycles. The Kier molecular flexibility index (Phi) is 1.48. The van der Waals surface area contributed by atoms with E-state index in [1.54, 1.807) is 0 Å². The molecule has 4 nitrogen and oxygen atoms in total. The topological polar surface area (TPSA) is 57.2 Å². The normalized spacial score (nSPS) is 14.7. The second-order valence-electron chi connectivity index (χ2n) is 3.57. The van der Waals surface area contributed by atoms with E-state index in [0.29, 0.717) is 5.56 Å². The standard InChI is InChI=1S/C11H9N3O/c1-6-8-5-12-9-4-2-3-7(10(8)9)11(15)14-13-6/h2-5,12H,1H3,(H,14,15). The number of nitrogens with zero attached hydrogens (tertiary/aromatic N) is 1. The van der Waals surface area contributed by atoms with E-state index in [1.807, 2.05) is 31.3 Å². The van der Waals surface area contributed by atoms with Crippen LogP contribution in [0.25, 0.3) is 10.9 Å². The number of amides is 1. The molecule has 4 heteroatoms. The van der Waals surface area contributed by atoms with Crippen LogP contribution in [0, 0.1) is 0 Å². The van der Waals surface area contributed by atoms with E-state index in [0.717, 1.165) is 22.2 Å². The van der Waals surface area contributed by atoms with Crippen molar-refractivity contribution in [2.75, 3.05) is 0 Å². The molecule has 0 saturated heterocycles. The Bertz CT molecular complexity index is 595. The van der Waals surface area contributed by atoms with Crippen LogP contribution in [0.3, 0.4) is 0 Å². The molecule has 1 aromatic heterocycles. The van der Waals surface area contributed by atoms with Crippen LogP contribution in [-0.2, 0) is 0 Å². The van der Waals surface area contributed by atoms with Gasteiger partial charge >= 0.3 is 0 Å². The Morgan fingerprint density at radius 2 is 2.13 bits per heavy atom. The van der Waals surface area contributed by atoms with Gasteiger partial charge in [-0.05, 0) is 19.1 Å². The van der Waals surface area contributed by atoms with Gasteiger partial charge in [0.25, 0.3) is 5.91 Å². The monoisotopic (exact) mass is 199 g/mol. The van der Waals surface area contributed by atoms with Crippen molar-refractivity contribution in [1.82, 2.24) is 10.4 Å². The number of aromatic amines is 1. The Balaban J connectivity index is 2.51. The number of hydrazone groups is 1. The Hall–Kier alpha value is -2.10. The van der Waals surface area contributed by atoms with Crippen molar-refractivity contribution in [3.63, 3.8) is 0 Å². The highest BCUT2D eigenvalue weighted by Crippen LogP contribution is 2.24. The quantitative estimate of drug-likeness (QED) is 0.665. The summed E-state index contributed by atoms with van der Waals surface area (Å²) < 4.78 is 0. The van der Waals surface area contributed by atoms with E-state index in [4.69, 9.17) is 0 Å². The van der Waals surface area contributed by atoms with E-state index in [1.165, 1.54) is 0 Å². The Labute approximate surface area is 86.0 Å². The van der Waals surface area contributed by atoms with Gasteiger partial charge in [0.05, 0.1) is 11.3 Å². The fourth-order valence-corrected chi connectivity index (χ4v) is 1.91. The first kappa shape index (κ1) is 8.23. The molecule has 0 fully saturated rings. The molecule has 74 valence electrons. The summed E-state index contributed by atoms with van der Waals surface area (Å²) in [7, 11) is 0. The zero-order valence-electron chi connectivity index (χ0n) is 8.16. The average molecular weight is 199 g/mol. The molecule has 0 spiro atoms. The van der Waals surface area contributed by atoms with Gasteiger partial charge in [0.1, 0.15) is 0 Å². The van der Waals surface area contributed by atoms with E-state index >= 15 is 0 Å². The maximum Gasteiger partial charge on any atom is 0.272 e. The minimum absolute atomic E-state index is 0.154. The van der Waals surface area contributed by atoms with Crippen LogP contribution < -0.4 is 5.43 Å². The van der Waals surface area contributed by atoms with Gasteiger partial charge in [-0.15, -0.1) is 0 Å². The van der Waals surface area contributed by atoms with Gasteiger partial charge in [0.15, 0.2) is 0 Å². The highest BCUT2D eigenvalue weighted by atomic mass is 16.2. The SMILES string of the molecule is CC1=NNC(=O)c2cccc3[nH]cc1c23. The van der Waals surface area contributed by atoms with Crippen LogP contribution in [0.2, 0.25) is 0 Å². The third-order valence-electron chi connectivity index (χ3n) is 2.67. The molecule has 0 bridgehead atoms. The van der Waals surface area contributed by atoms with Gasteiger partial charge in [-0.3, -0.25) is 4.79 Å². The number of hydrogen-bond acceptors (Lipinski definition) is 2. The fourth-order valence-electron chi connectivity index (χ4n) is 1.91. The summed E-state index contributed by atoms with van der Waals surface area (Å²) in [4.78, 5) is 14.8. The fraction of sp³-hybridized carbons (Fsp3) is 0.0909. The second-order valence-corrected chi connectivity index (χ2v) is 3.57. The molecule has 3 rings (SSSR count). The van der Waals surface area contributed by atoms with Gasteiger partial charge in [0, 0.05) is 22.7 Å². The predicted octanol–water partition coefficient (Wildman–Crippen LogP) is 1.64. The summed E-state index contributed by atoms with van der Waals surface area (Å²) >= 11 is 0. The smallest absolute Gasteiger partial charge is 0.272 e. The van der Waals surface area contributed by atoms with Crippen molar-refractivity contribution in [2.24, 2.45) is 5.10 Å². The average Bonchev–Trinajstić information content (AvgIpc) is 2.63. The molecule has 0 saturated carbocycles. The van der Waals surface area contributed by atoms with Crippen LogP contribution in [0.5, 0.6) is 0 Å². The van der Waals surface area contributed by atoms with Crippen LogP contribution in [0.1, 0.15) is 22.8 Å². The number of rotatable bonds is 0. The van der Waals surface area contributed by atoms with E-state index in [2.05, 4.69) is 15.5 Å². The highest BCUT2D eigenvalue weighted by Gasteiger charge is 2.18. The van der Waals surface area contributed by atoms with Crippen molar-refractivity contribution >= 4 is 22.5 Å². The first-order valence-electron chi connectivity index (χ1n) is 4.72. The largest absolute Gasteiger partial charge is 0.360 e. The molecule has 1 amide bonds. The second kappa shape index (κ2) is 2.70. The summed E-state index contributed by atoms with van der Waals surface area (Å²) in [6.07, 6.45) is 1.88. The minimum Gasteiger partial charge on any atom is -0.360 e. The molecule has 2 heterocycles. The molecule has 2 N–H and O–H groups in total. The summed E-state index contributed by atoms with van der Waals surface area (Å²) in [5.74, 6) is -0.154. The molecule has 0 atom stereocenters. The van der Waals surface area contributed by atoms with E-state index in [9.17, 15) is 4.79 Å². The minimum atomic E-state index is -0.154. The van der Waals surface area contributed by atoms with Gasteiger partial charge in [-0.1, -0.05) is 6.07 Å². The number of carbonyl (C=O) groups is 1. The number of H-pyrrole nitrogens is 1. The first-order chi connectivity index (χ1) is 7.27. The van der Waals surface area contributed by atoms with Crippen LogP contribution in [0.15, 0.2) is 29.5 Å². The molecule has 1 aromatic carbocycles. The molecule has 2 aromatic rings. The highest BCUT2D eigenvalue weighted by molar-refractivity contribution is 6.18. The third kappa shape index (κ3) is 1.01. The summed E-state index contributed by atoms with van der Waals surface area (Å²) in [5, 5.41) is 4.97. The lowest BCUT2D eigenvalue weighted by molar-refractivity contribution is 0.0957. The van der Waals surface area contributed by atoms with Gasteiger partial charge in [0.2, 0.25) is 0 Å². The third-order valence-corrected chi connectivity index (χ3v) is 2.67. The van der Waals surface area contributed by atoms with Crippen molar-refractivity contribution in [2.45, 2.75) is 6.92 Å². The van der Waals surface area contributed by atoms with E-state index < -0.39 is 0 Å². The molecule has 0 aliphatic carbocycles. The van der Waals surface area contributed by atoms with Crippen molar-refractivity contribution in [3.05, 3.63) is 35.5 Å². The Morgan fingerprint density at radius 3 is 3.00 bits per heavy atom. The molecule has 15 heavy (non-hydrogen) atoms. The van der Waals surface area contributed by atoms with Crippen molar-refractivity contribution < 1.29 is 4.79 Å². The lowest BCUT2D eigenvalue weighted by atomic mass is 10.0. The van der Waals surface area contributed by atoms with Gasteiger partial charge < -0.3 is 4.98 Å². The van der Waals surface area contributed by atoms with Crippen LogP contribution >= 0.6 is 0 Å². The molecule has 1 aliphatic rings. The van der Waals surface area contributed by atoms with Crippen LogP contribution in [0.4, 0.5) is 0 Å². The number of benzene rings is 1. The van der Waals surface area contributed by atoms with Crippen molar-refractivity contribution in [3.8, 4) is 0 Å². The van der Waals surface area contributed by atoms with Gasteiger partial charge in [-0.2, -0.15) is 5.10 Å². The maximum atomic E-state index is 11.7. The molecular weight excluding hydrogens is 190 g/mol. The molecular formula is C11H9N3O. The summed E-state index contributed by atoms with van der Waals surface area (Å²) in [6.45, 7) is 1.88. The first-order valence-corrected chi connectivity index (χ1v) is 4.72. The number of carbonyl (C=O) groups excluding carboxylic acids is 1. The summed E-state index contributed by atoms with van der Waals surface area (Å²) in [6, 6.07) is 5.62. The molecule has 0 unspecified atom stereocenters. The van der Waals surface area contributed by atoms with E-state index in [-0.39, 0.29) is 5.91 Å². The molecule has 0 radical (unpaired) electrons. The lowest BCUT2D eigenvalue weighted by Gasteiger charge is -1.98. The van der Waals surface area contributed by atoms with Crippen molar-refractivity contribution in [1.29, 1.82) is 0 Å². The zero-order chi connectivity index (χ0) is 10.4. The maximum absolute atomic E-state index is 11.7. The number of hydrogen-bond donors (Lipinski definition) is 2. The number of aromatic nitrogens is 1.